The quantitative estimate of drug-likeness (QED) is 0.495. The summed E-state index contributed by atoms with van der Waals surface area (Å²) in [4.78, 5) is 6.49. The Labute approximate surface area is 119 Å². The lowest BCUT2D eigenvalue weighted by Gasteiger charge is -2.20. The van der Waals surface area contributed by atoms with Gasteiger partial charge in [0.05, 0.1) is 0 Å². The topological polar surface area (TPSA) is 15.6 Å². The molecule has 0 saturated carbocycles. The van der Waals surface area contributed by atoms with Crippen molar-refractivity contribution < 1.29 is 0 Å². The standard InChI is InChI=1S/C17H30N2/c1-9-18-11-17(10-15(6)13(2)3)16(7)12-19(8)14(4)5/h9-14H,1-8H3/b15-10+,16-12+,17-11+,18-9?. The van der Waals surface area contributed by atoms with Crippen LogP contribution in [0.15, 0.2) is 40.2 Å². The van der Waals surface area contributed by atoms with Gasteiger partial charge in [0.25, 0.3) is 0 Å². The van der Waals surface area contributed by atoms with Crippen LogP contribution >= 0.6 is 0 Å². The Hall–Kier alpha value is -1.31. The first-order valence-electron chi connectivity index (χ1n) is 7.06. The van der Waals surface area contributed by atoms with Gasteiger partial charge in [0.2, 0.25) is 0 Å². The number of nitrogens with zero attached hydrogens (tertiary/aromatic N) is 2. The number of aliphatic imine (C=N–C) groups is 1. The summed E-state index contributed by atoms with van der Waals surface area (Å²) >= 11 is 0. The second kappa shape index (κ2) is 8.73. The number of allylic oxidation sites excluding steroid dienone is 4. The minimum atomic E-state index is 0.501. The van der Waals surface area contributed by atoms with Crippen molar-refractivity contribution in [1.82, 2.24) is 4.90 Å². The highest BCUT2D eigenvalue weighted by Gasteiger charge is 2.04. The third-order valence-corrected chi connectivity index (χ3v) is 3.32. The van der Waals surface area contributed by atoms with E-state index >= 15 is 0 Å². The molecule has 0 radical (unpaired) electrons. The maximum absolute atomic E-state index is 4.27. The van der Waals surface area contributed by atoms with E-state index in [4.69, 9.17) is 0 Å². The third kappa shape index (κ3) is 7.00. The first-order valence-corrected chi connectivity index (χ1v) is 7.06. The summed E-state index contributed by atoms with van der Waals surface area (Å²) in [6.07, 6.45) is 8.17. The van der Waals surface area contributed by atoms with Crippen LogP contribution in [-0.2, 0) is 0 Å². The molecule has 0 aliphatic rings. The monoisotopic (exact) mass is 262 g/mol. The fraction of sp³-hybridized carbons (Fsp3) is 0.588. The predicted molar refractivity (Wildman–Crippen MR) is 87.5 cm³/mol. The Morgan fingerprint density at radius 2 is 1.68 bits per heavy atom. The SMILES string of the molecule is CC=N/C=C(\C=C(/C)C(C)C)C(/C)=C/N(C)C(C)C. The van der Waals surface area contributed by atoms with Crippen molar-refractivity contribution in [2.75, 3.05) is 7.05 Å². The summed E-state index contributed by atoms with van der Waals surface area (Å²) in [7, 11) is 2.11. The molecule has 108 valence electrons. The zero-order chi connectivity index (χ0) is 15.0. The Balaban J connectivity index is 5.34. The highest BCUT2D eigenvalue weighted by molar-refractivity contribution is 5.55. The van der Waals surface area contributed by atoms with Crippen molar-refractivity contribution in [3.05, 3.63) is 35.2 Å². The molecule has 0 amide bonds. The van der Waals surface area contributed by atoms with Gasteiger partial charge in [-0.15, -0.1) is 0 Å². The molecule has 0 spiro atoms. The molecule has 0 saturated heterocycles. The fourth-order valence-electron chi connectivity index (χ4n) is 1.35. The lowest BCUT2D eigenvalue weighted by Crippen LogP contribution is -2.20. The molecule has 0 aromatic heterocycles. The van der Waals surface area contributed by atoms with E-state index < -0.39 is 0 Å². The summed E-state index contributed by atoms with van der Waals surface area (Å²) in [6, 6.07) is 0.501. The van der Waals surface area contributed by atoms with Gasteiger partial charge in [-0.25, -0.2) is 0 Å². The average molecular weight is 262 g/mol. The van der Waals surface area contributed by atoms with E-state index in [9.17, 15) is 0 Å². The van der Waals surface area contributed by atoms with Gasteiger partial charge in [-0.3, -0.25) is 4.99 Å². The van der Waals surface area contributed by atoms with Crippen molar-refractivity contribution in [1.29, 1.82) is 0 Å². The lowest BCUT2D eigenvalue weighted by molar-refractivity contribution is 0.373. The molecule has 0 unspecified atom stereocenters. The molecule has 2 heteroatoms. The van der Waals surface area contributed by atoms with Gasteiger partial charge < -0.3 is 4.90 Å². The van der Waals surface area contributed by atoms with Crippen LogP contribution in [0.25, 0.3) is 0 Å². The van der Waals surface area contributed by atoms with E-state index in [0.717, 1.165) is 0 Å². The molecular weight excluding hydrogens is 232 g/mol. The number of rotatable bonds is 6. The van der Waals surface area contributed by atoms with Crippen molar-refractivity contribution in [2.24, 2.45) is 10.9 Å². The van der Waals surface area contributed by atoms with Gasteiger partial charge >= 0.3 is 0 Å². The van der Waals surface area contributed by atoms with Crippen molar-refractivity contribution in [2.45, 2.75) is 54.5 Å². The van der Waals surface area contributed by atoms with Crippen LogP contribution in [0.3, 0.4) is 0 Å². The second-order valence-electron chi connectivity index (χ2n) is 5.61. The van der Waals surface area contributed by atoms with Crippen LogP contribution in [0, 0.1) is 5.92 Å². The summed E-state index contributed by atoms with van der Waals surface area (Å²) in [5, 5.41) is 0. The highest BCUT2D eigenvalue weighted by Crippen LogP contribution is 2.18. The van der Waals surface area contributed by atoms with E-state index in [2.05, 4.69) is 70.8 Å². The molecule has 2 nitrogen and oxygen atoms in total. The highest BCUT2D eigenvalue weighted by atomic mass is 15.1. The first-order chi connectivity index (χ1) is 8.79. The summed E-state index contributed by atoms with van der Waals surface area (Å²) in [6.45, 7) is 15.1. The first kappa shape index (κ1) is 17.7. The maximum Gasteiger partial charge on any atom is 0.0339 e. The smallest absolute Gasteiger partial charge is 0.0339 e. The van der Waals surface area contributed by atoms with Crippen LogP contribution in [-0.4, -0.2) is 24.2 Å². The Morgan fingerprint density at radius 3 is 2.11 bits per heavy atom. The molecule has 0 heterocycles. The van der Waals surface area contributed by atoms with E-state index in [1.165, 1.54) is 16.7 Å². The molecule has 0 aliphatic carbocycles. The number of hydrogen-bond donors (Lipinski definition) is 0. The summed E-state index contributed by atoms with van der Waals surface area (Å²) < 4.78 is 0. The largest absolute Gasteiger partial charge is 0.378 e. The van der Waals surface area contributed by atoms with Gasteiger partial charge in [-0.2, -0.15) is 0 Å². The fourth-order valence-corrected chi connectivity index (χ4v) is 1.35. The van der Waals surface area contributed by atoms with Crippen LogP contribution < -0.4 is 0 Å². The summed E-state index contributed by atoms with van der Waals surface area (Å²) in [5.41, 5.74) is 3.79. The normalized spacial score (nSPS) is 14.9. The molecule has 0 atom stereocenters. The van der Waals surface area contributed by atoms with Crippen molar-refractivity contribution >= 4 is 6.21 Å². The van der Waals surface area contributed by atoms with Gasteiger partial charge in [0.15, 0.2) is 0 Å². The van der Waals surface area contributed by atoms with Crippen molar-refractivity contribution in [3.8, 4) is 0 Å². The molecule has 0 aromatic carbocycles. The van der Waals surface area contributed by atoms with E-state index in [1.54, 1.807) is 0 Å². The Kier molecular flexibility index (Phi) is 8.13. The van der Waals surface area contributed by atoms with Gasteiger partial charge in [0, 0.05) is 31.7 Å². The number of hydrogen-bond acceptors (Lipinski definition) is 2. The maximum atomic E-state index is 4.27. The van der Waals surface area contributed by atoms with E-state index in [0.29, 0.717) is 12.0 Å². The zero-order valence-electron chi connectivity index (χ0n) is 13.9. The van der Waals surface area contributed by atoms with Gasteiger partial charge in [-0.05, 0) is 51.7 Å². The van der Waals surface area contributed by atoms with Crippen LogP contribution in [0.4, 0.5) is 0 Å². The van der Waals surface area contributed by atoms with E-state index in [1.807, 2.05) is 19.3 Å². The molecule has 0 bridgehead atoms. The van der Waals surface area contributed by atoms with Gasteiger partial charge in [0.1, 0.15) is 0 Å². The predicted octanol–water partition coefficient (Wildman–Crippen LogP) is 4.81. The average Bonchev–Trinajstić information content (AvgIpc) is 2.33. The molecule has 0 rings (SSSR count). The molecule has 0 N–H and O–H groups in total. The van der Waals surface area contributed by atoms with Gasteiger partial charge in [-0.1, -0.05) is 25.5 Å². The Morgan fingerprint density at radius 1 is 1.11 bits per heavy atom. The van der Waals surface area contributed by atoms with Crippen molar-refractivity contribution in [3.63, 3.8) is 0 Å². The Bertz CT molecular complexity index is 382. The minimum Gasteiger partial charge on any atom is -0.378 e. The molecule has 0 aromatic rings. The summed E-state index contributed by atoms with van der Waals surface area (Å²) in [5.74, 6) is 0.560. The van der Waals surface area contributed by atoms with E-state index in [-0.39, 0.29) is 0 Å². The molecule has 0 fully saturated rings. The molecular formula is C17H30N2. The second-order valence-corrected chi connectivity index (χ2v) is 5.61. The molecule has 0 aliphatic heterocycles. The third-order valence-electron chi connectivity index (χ3n) is 3.32. The zero-order valence-corrected chi connectivity index (χ0v) is 13.9. The van der Waals surface area contributed by atoms with Crippen LogP contribution in [0.5, 0.6) is 0 Å². The van der Waals surface area contributed by atoms with Crippen LogP contribution in [0.2, 0.25) is 0 Å². The minimum absolute atomic E-state index is 0.501. The van der Waals surface area contributed by atoms with Crippen LogP contribution in [0.1, 0.15) is 48.5 Å². The lowest BCUT2D eigenvalue weighted by atomic mass is 9.99. The molecule has 19 heavy (non-hydrogen) atoms.